The van der Waals surface area contributed by atoms with Gasteiger partial charge < -0.3 is 0 Å². The van der Waals surface area contributed by atoms with Gasteiger partial charge in [-0.2, -0.15) is 13.2 Å². The molecule has 0 aliphatic carbocycles. The van der Waals surface area contributed by atoms with E-state index in [1.165, 1.54) is 0 Å². The van der Waals surface area contributed by atoms with Crippen LogP contribution in [0.15, 0.2) is 0 Å². The van der Waals surface area contributed by atoms with E-state index in [4.69, 9.17) is 0 Å². The molecule has 0 unspecified atom stereocenters. The minimum atomic E-state index is -4.00. The first-order valence-electron chi connectivity index (χ1n) is 1.07. The molecule has 0 spiro atoms. The Hall–Kier alpha value is 1.49. The van der Waals surface area contributed by atoms with Crippen LogP contribution in [0.2, 0.25) is 0 Å². The van der Waals surface area contributed by atoms with Gasteiger partial charge in [-0.3, -0.25) is 0 Å². The van der Waals surface area contributed by atoms with Gasteiger partial charge in [-0.15, -0.1) is 0 Å². The summed E-state index contributed by atoms with van der Waals surface area (Å²) >= 11 is 0. The number of hydrogen-bond acceptors (Lipinski definition) is 0. The maximum absolute atomic E-state index is 10.4. The molecule has 0 rings (SSSR count). The molecule has 0 aromatic rings. The first kappa shape index (κ1) is 10.5. The topological polar surface area (TPSA) is 0 Å². The van der Waals surface area contributed by atoms with Gasteiger partial charge in [0.05, 0.1) is 0 Å². The molecule has 32 valence electrons. The molecule has 0 aromatic carbocycles. The van der Waals surface area contributed by atoms with E-state index < -0.39 is 6.08 Å². The fourth-order valence-electron chi connectivity index (χ4n) is 0. The SMILES string of the molecule is BC(F)(F)F.[KH]. The first-order valence-corrected chi connectivity index (χ1v) is 1.07. The fourth-order valence-corrected chi connectivity index (χ4v) is 0. The van der Waals surface area contributed by atoms with E-state index in [0.29, 0.717) is 0 Å². The van der Waals surface area contributed by atoms with Gasteiger partial charge in [0.1, 0.15) is 0 Å². The van der Waals surface area contributed by atoms with Crippen LogP contribution in [0.25, 0.3) is 0 Å². The van der Waals surface area contributed by atoms with Crippen LogP contribution < -0.4 is 0 Å². The standard InChI is InChI=1S/CH2BF3.K.H/c2-1(3,4)5;;/h2H2;;. The molecule has 0 bridgehead atoms. The van der Waals surface area contributed by atoms with E-state index in [1.54, 1.807) is 0 Å². The number of hydrogen-bond donors (Lipinski definition) is 0. The summed E-state index contributed by atoms with van der Waals surface area (Å²) in [4.78, 5) is 0. The molecule has 0 saturated carbocycles. The third-order valence-electron chi connectivity index (χ3n) is 0. The first-order chi connectivity index (χ1) is 2.00. The zero-order valence-electron chi connectivity index (χ0n) is 2.63. The second kappa shape index (κ2) is 3.49. The Morgan fingerprint density at radius 2 is 1.17 bits per heavy atom. The van der Waals surface area contributed by atoms with Crippen molar-refractivity contribution < 1.29 is 13.2 Å². The van der Waals surface area contributed by atoms with E-state index in [2.05, 4.69) is 0 Å². The van der Waals surface area contributed by atoms with Crippen molar-refractivity contribution in [3.8, 4) is 0 Å². The summed E-state index contributed by atoms with van der Waals surface area (Å²) in [6.45, 7) is 0. The van der Waals surface area contributed by atoms with E-state index in [-0.39, 0.29) is 59.2 Å². The van der Waals surface area contributed by atoms with Crippen LogP contribution in [0.3, 0.4) is 0 Å². The van der Waals surface area contributed by atoms with Crippen LogP contribution in [0, 0.1) is 0 Å². The average molecular weight is 122 g/mol. The normalized spacial score (nSPS) is 9.83. The summed E-state index contributed by atoms with van der Waals surface area (Å²) in [5.74, 6) is 0. The van der Waals surface area contributed by atoms with E-state index in [9.17, 15) is 13.2 Å². The Balaban J connectivity index is 0. The molecule has 6 heavy (non-hydrogen) atoms. The molecule has 0 aromatic heterocycles. The van der Waals surface area contributed by atoms with Gasteiger partial charge in [-0.1, -0.05) is 0 Å². The number of rotatable bonds is 0. The van der Waals surface area contributed by atoms with Crippen LogP contribution in [0.5, 0.6) is 0 Å². The Morgan fingerprint density at radius 3 is 1.17 bits per heavy atom. The van der Waals surface area contributed by atoms with Crippen molar-refractivity contribution in [2.45, 2.75) is 6.08 Å². The van der Waals surface area contributed by atoms with Gasteiger partial charge >= 0.3 is 57.5 Å². The second-order valence-electron chi connectivity index (χ2n) is 0.781. The third kappa shape index (κ3) is 49.8. The average Bonchev–Trinajstić information content (AvgIpc) is 0.722. The van der Waals surface area contributed by atoms with E-state index >= 15 is 0 Å². The minimum absolute atomic E-state index is 0. The van der Waals surface area contributed by atoms with Gasteiger partial charge in [-0.05, 0) is 0 Å². The van der Waals surface area contributed by atoms with Crippen LogP contribution in [-0.2, 0) is 0 Å². The number of alkyl halides is 3. The molecule has 0 aliphatic rings. The maximum atomic E-state index is 10.4. The van der Waals surface area contributed by atoms with Crippen LogP contribution in [0.1, 0.15) is 0 Å². The molecular formula is CH3BF3K. The zero-order chi connectivity index (χ0) is 4.50. The van der Waals surface area contributed by atoms with Crippen molar-refractivity contribution in [3.05, 3.63) is 0 Å². The molecule has 0 aliphatic heterocycles. The summed E-state index contributed by atoms with van der Waals surface area (Å²) in [5, 5.41) is 0. The van der Waals surface area contributed by atoms with Crippen LogP contribution in [-0.4, -0.2) is 65.3 Å². The monoisotopic (exact) mass is 122 g/mol. The summed E-state index contributed by atoms with van der Waals surface area (Å²) in [7, 11) is 0.188. The van der Waals surface area contributed by atoms with Crippen molar-refractivity contribution in [1.29, 1.82) is 0 Å². The molecule has 0 saturated heterocycles. The molecule has 0 fully saturated rings. The van der Waals surface area contributed by atoms with Gasteiger partial charge in [-0.25, -0.2) is 0 Å². The number of halogens is 3. The predicted octanol–water partition coefficient (Wildman–Crippen LogP) is -0.509. The Morgan fingerprint density at radius 1 is 1.17 bits per heavy atom. The van der Waals surface area contributed by atoms with Crippen LogP contribution in [0.4, 0.5) is 13.2 Å². The van der Waals surface area contributed by atoms with Gasteiger partial charge in [0.2, 0.25) is 7.85 Å². The molecule has 0 amide bonds. The molecule has 0 nitrogen and oxygen atoms in total. The van der Waals surface area contributed by atoms with E-state index in [1.807, 2.05) is 0 Å². The molecular weight excluding hydrogens is 119 g/mol. The summed E-state index contributed by atoms with van der Waals surface area (Å²) in [6.07, 6.45) is -4.00. The van der Waals surface area contributed by atoms with Crippen molar-refractivity contribution >= 4 is 59.2 Å². The Kier molecular flexibility index (Phi) is 6.09. The molecule has 0 N–H and O–H groups in total. The van der Waals surface area contributed by atoms with Crippen molar-refractivity contribution in [2.24, 2.45) is 0 Å². The van der Waals surface area contributed by atoms with Gasteiger partial charge in [0.15, 0.2) is 0 Å². The molecule has 0 atom stereocenters. The van der Waals surface area contributed by atoms with Gasteiger partial charge in [0.25, 0.3) is 0 Å². The Labute approximate surface area is 77.3 Å². The summed E-state index contributed by atoms with van der Waals surface area (Å²) in [6, 6.07) is 0. The molecule has 0 heterocycles. The predicted molar refractivity (Wildman–Crippen MR) is 21.7 cm³/mol. The second-order valence-corrected chi connectivity index (χ2v) is 0.781. The van der Waals surface area contributed by atoms with Gasteiger partial charge in [0, 0.05) is 0 Å². The van der Waals surface area contributed by atoms with E-state index in [0.717, 1.165) is 0 Å². The van der Waals surface area contributed by atoms with Crippen molar-refractivity contribution in [1.82, 2.24) is 0 Å². The quantitative estimate of drug-likeness (QED) is 0.379. The van der Waals surface area contributed by atoms with Crippen molar-refractivity contribution in [2.75, 3.05) is 0 Å². The fraction of sp³-hybridized carbons (Fsp3) is 1.00. The van der Waals surface area contributed by atoms with Crippen molar-refractivity contribution in [3.63, 3.8) is 0 Å². The Bertz CT molecular complexity index is 26.3. The summed E-state index contributed by atoms with van der Waals surface area (Å²) in [5.41, 5.74) is 0. The van der Waals surface area contributed by atoms with Crippen LogP contribution >= 0.6 is 0 Å². The molecule has 5 heteroatoms. The summed E-state index contributed by atoms with van der Waals surface area (Å²) < 4.78 is 31.1. The third-order valence-corrected chi connectivity index (χ3v) is 0. The molecule has 0 radical (unpaired) electrons. The zero-order valence-corrected chi connectivity index (χ0v) is 2.63.